The van der Waals surface area contributed by atoms with Crippen molar-refractivity contribution in [3.63, 3.8) is 0 Å². The van der Waals surface area contributed by atoms with Gasteiger partial charge in [0.25, 0.3) is 5.91 Å². The lowest BCUT2D eigenvalue weighted by Crippen LogP contribution is -2.24. The number of hydrogen-bond donors (Lipinski definition) is 1. The van der Waals surface area contributed by atoms with E-state index < -0.39 is 18.5 Å². The van der Waals surface area contributed by atoms with Crippen LogP contribution in [0.5, 0.6) is 5.75 Å². The number of ether oxygens (including phenoxy) is 2. The fourth-order valence-corrected chi connectivity index (χ4v) is 3.05. The molecule has 0 aliphatic carbocycles. The van der Waals surface area contributed by atoms with Crippen LogP contribution in [0.25, 0.3) is 0 Å². The Balaban J connectivity index is 1.57. The van der Waals surface area contributed by atoms with E-state index in [2.05, 4.69) is 5.32 Å². The molecule has 3 rings (SSSR count). The lowest BCUT2D eigenvalue weighted by Gasteiger charge is -2.12. The zero-order chi connectivity index (χ0) is 23.1. The summed E-state index contributed by atoms with van der Waals surface area (Å²) in [6, 6.07) is 18.7. The fourth-order valence-electron chi connectivity index (χ4n) is 2.88. The number of nitrogens with one attached hydrogen (secondary N) is 1. The van der Waals surface area contributed by atoms with Gasteiger partial charge in [-0.1, -0.05) is 48.0 Å². The Labute approximate surface area is 191 Å². The third-order valence-electron chi connectivity index (χ3n) is 4.74. The predicted octanol–water partition coefficient (Wildman–Crippen LogP) is 4.75. The number of carbonyl (C=O) groups is 3. The molecule has 6 nitrogen and oxygen atoms in total. The lowest BCUT2D eigenvalue weighted by atomic mass is 10.0. The summed E-state index contributed by atoms with van der Waals surface area (Å²) in [7, 11) is 0. The van der Waals surface area contributed by atoms with E-state index in [-0.39, 0.29) is 23.6 Å². The third-order valence-corrected chi connectivity index (χ3v) is 4.97. The summed E-state index contributed by atoms with van der Waals surface area (Å²) in [4.78, 5) is 37.0. The molecule has 7 heteroatoms. The fraction of sp³-hybridized carbons (Fsp3) is 0.160. The molecular weight excluding hydrogens is 430 g/mol. The van der Waals surface area contributed by atoms with Crippen LogP contribution in [0.1, 0.15) is 27.0 Å². The number of benzene rings is 3. The minimum atomic E-state index is -0.685. The zero-order valence-electron chi connectivity index (χ0n) is 17.7. The summed E-state index contributed by atoms with van der Waals surface area (Å²) in [5, 5.41) is 2.95. The first-order chi connectivity index (χ1) is 15.3. The molecule has 0 saturated carbocycles. The Kier molecular flexibility index (Phi) is 7.63. The molecule has 3 aromatic carbocycles. The van der Waals surface area contributed by atoms with Crippen LogP contribution < -0.4 is 10.1 Å². The van der Waals surface area contributed by atoms with Gasteiger partial charge in [-0.3, -0.25) is 9.59 Å². The highest BCUT2D eigenvalue weighted by Gasteiger charge is 2.17. The van der Waals surface area contributed by atoms with Crippen molar-refractivity contribution < 1.29 is 23.9 Å². The van der Waals surface area contributed by atoms with Crippen molar-refractivity contribution in [2.45, 2.75) is 13.8 Å². The Bertz CT molecular complexity index is 1140. The van der Waals surface area contributed by atoms with Crippen LogP contribution >= 0.6 is 11.6 Å². The standard InChI is InChI=1S/C25H22ClNO5/c1-16-8-10-20(12-17(16)2)31-15-24(29)32-14-23(28)27-22-11-9-19(26)13-21(22)25(30)18-6-4-3-5-7-18/h3-13H,14-15H2,1-2H3,(H,27,28). The average Bonchev–Trinajstić information content (AvgIpc) is 2.79. The summed E-state index contributed by atoms with van der Waals surface area (Å²) in [6.45, 7) is 3.08. The van der Waals surface area contributed by atoms with Crippen molar-refractivity contribution in [2.75, 3.05) is 18.5 Å². The molecule has 0 heterocycles. The maximum absolute atomic E-state index is 12.8. The lowest BCUT2D eigenvalue weighted by molar-refractivity contribution is -0.149. The molecule has 32 heavy (non-hydrogen) atoms. The number of halogens is 1. The van der Waals surface area contributed by atoms with Crippen LogP contribution in [0.15, 0.2) is 66.7 Å². The van der Waals surface area contributed by atoms with Gasteiger partial charge >= 0.3 is 5.97 Å². The van der Waals surface area contributed by atoms with Crippen LogP contribution in [-0.2, 0) is 14.3 Å². The van der Waals surface area contributed by atoms with E-state index in [9.17, 15) is 14.4 Å². The summed E-state index contributed by atoms with van der Waals surface area (Å²) >= 11 is 6.04. The van der Waals surface area contributed by atoms with Gasteiger partial charge in [0.15, 0.2) is 19.0 Å². The molecule has 3 aromatic rings. The Hall–Kier alpha value is -3.64. The number of carbonyl (C=O) groups excluding carboxylic acids is 3. The van der Waals surface area contributed by atoms with E-state index in [1.165, 1.54) is 12.1 Å². The van der Waals surface area contributed by atoms with Crippen molar-refractivity contribution >= 4 is 34.9 Å². The highest BCUT2D eigenvalue weighted by molar-refractivity contribution is 6.31. The van der Waals surface area contributed by atoms with Crippen LogP contribution in [-0.4, -0.2) is 30.9 Å². The first-order valence-electron chi connectivity index (χ1n) is 9.88. The second-order valence-corrected chi connectivity index (χ2v) is 7.57. The Morgan fingerprint density at radius 2 is 1.62 bits per heavy atom. The molecule has 0 unspecified atom stereocenters. The van der Waals surface area contributed by atoms with Crippen molar-refractivity contribution in [3.8, 4) is 5.75 Å². The van der Waals surface area contributed by atoms with Crippen LogP contribution in [0.3, 0.4) is 0 Å². The number of anilines is 1. The van der Waals surface area contributed by atoms with Crippen molar-refractivity contribution in [3.05, 3.63) is 94.0 Å². The predicted molar refractivity (Wildman–Crippen MR) is 122 cm³/mol. The maximum Gasteiger partial charge on any atom is 0.344 e. The Morgan fingerprint density at radius 1 is 0.875 bits per heavy atom. The normalized spacial score (nSPS) is 10.3. The first kappa shape index (κ1) is 23.0. The van der Waals surface area contributed by atoms with Gasteiger partial charge < -0.3 is 14.8 Å². The van der Waals surface area contributed by atoms with Gasteiger partial charge in [0, 0.05) is 16.1 Å². The average molecular weight is 452 g/mol. The van der Waals surface area contributed by atoms with Gasteiger partial charge in [-0.2, -0.15) is 0 Å². The van der Waals surface area contributed by atoms with Gasteiger partial charge in [-0.05, 0) is 55.3 Å². The number of rotatable bonds is 8. The number of hydrogen-bond acceptors (Lipinski definition) is 5. The van der Waals surface area contributed by atoms with Gasteiger partial charge in [0.1, 0.15) is 5.75 Å². The van der Waals surface area contributed by atoms with Gasteiger partial charge in [-0.25, -0.2) is 4.79 Å². The van der Waals surface area contributed by atoms with Crippen molar-refractivity contribution in [2.24, 2.45) is 0 Å². The summed E-state index contributed by atoms with van der Waals surface area (Å²) < 4.78 is 10.4. The molecule has 0 radical (unpaired) electrons. The Morgan fingerprint density at radius 3 is 2.34 bits per heavy atom. The number of ketones is 1. The third kappa shape index (κ3) is 6.18. The molecule has 0 atom stereocenters. The first-order valence-corrected chi connectivity index (χ1v) is 10.3. The molecule has 0 aromatic heterocycles. The van der Waals surface area contributed by atoms with E-state index in [1.54, 1.807) is 42.5 Å². The van der Waals surface area contributed by atoms with Crippen molar-refractivity contribution in [1.82, 2.24) is 0 Å². The molecule has 0 spiro atoms. The monoisotopic (exact) mass is 451 g/mol. The van der Waals surface area contributed by atoms with Crippen LogP contribution in [0, 0.1) is 13.8 Å². The largest absolute Gasteiger partial charge is 0.482 e. The highest BCUT2D eigenvalue weighted by Crippen LogP contribution is 2.24. The smallest absolute Gasteiger partial charge is 0.344 e. The highest BCUT2D eigenvalue weighted by atomic mass is 35.5. The molecule has 1 N–H and O–H groups in total. The van der Waals surface area contributed by atoms with Gasteiger partial charge in [0.2, 0.25) is 0 Å². The van der Waals surface area contributed by atoms with E-state index in [1.807, 2.05) is 26.0 Å². The summed E-state index contributed by atoms with van der Waals surface area (Å²) in [5.74, 6) is -1.02. The molecule has 0 aliphatic rings. The zero-order valence-corrected chi connectivity index (χ0v) is 18.4. The van der Waals surface area contributed by atoms with Crippen molar-refractivity contribution in [1.29, 1.82) is 0 Å². The van der Waals surface area contributed by atoms with Crippen LogP contribution in [0.4, 0.5) is 5.69 Å². The van der Waals surface area contributed by atoms with E-state index in [0.29, 0.717) is 16.3 Å². The second kappa shape index (κ2) is 10.6. The van der Waals surface area contributed by atoms with Gasteiger partial charge in [-0.15, -0.1) is 0 Å². The minimum absolute atomic E-state index is 0.237. The number of esters is 1. The van der Waals surface area contributed by atoms with Gasteiger partial charge in [0.05, 0.1) is 5.69 Å². The molecular formula is C25H22ClNO5. The number of aryl methyl sites for hydroxylation is 2. The quantitative estimate of drug-likeness (QED) is 0.395. The number of amides is 1. The SMILES string of the molecule is Cc1ccc(OCC(=O)OCC(=O)Nc2ccc(Cl)cc2C(=O)c2ccccc2)cc1C. The topological polar surface area (TPSA) is 81.7 Å². The molecule has 0 saturated heterocycles. The molecule has 0 bridgehead atoms. The molecule has 0 fully saturated rings. The van der Waals surface area contributed by atoms with E-state index in [0.717, 1.165) is 11.1 Å². The second-order valence-electron chi connectivity index (χ2n) is 7.13. The summed E-state index contributed by atoms with van der Waals surface area (Å²) in [5.41, 5.74) is 3.13. The van der Waals surface area contributed by atoms with Crippen LogP contribution in [0.2, 0.25) is 5.02 Å². The summed E-state index contributed by atoms with van der Waals surface area (Å²) in [6.07, 6.45) is 0. The molecule has 1 amide bonds. The minimum Gasteiger partial charge on any atom is -0.482 e. The maximum atomic E-state index is 12.8. The molecule has 164 valence electrons. The van der Waals surface area contributed by atoms with E-state index in [4.69, 9.17) is 21.1 Å². The van der Waals surface area contributed by atoms with E-state index >= 15 is 0 Å². The molecule has 0 aliphatic heterocycles.